The molecule has 0 N–H and O–H groups in total. The number of carbonyl (C=O) groups is 1. The lowest BCUT2D eigenvalue weighted by atomic mass is 10.1. The summed E-state index contributed by atoms with van der Waals surface area (Å²) in [4.78, 5) is 18.5. The van der Waals surface area contributed by atoms with Crippen molar-refractivity contribution in [2.24, 2.45) is 0 Å². The van der Waals surface area contributed by atoms with Crippen molar-refractivity contribution >= 4 is 21.8 Å². The molecule has 0 saturated heterocycles. The van der Waals surface area contributed by atoms with E-state index in [0.29, 0.717) is 16.6 Å². The molecule has 5 heteroatoms. The van der Waals surface area contributed by atoms with E-state index in [9.17, 15) is 9.18 Å². The number of hydrogen-bond donors (Lipinski definition) is 0. The fraction of sp³-hybridized carbons (Fsp3) is 0.250. The van der Waals surface area contributed by atoms with Crippen LogP contribution in [-0.4, -0.2) is 21.8 Å². The summed E-state index contributed by atoms with van der Waals surface area (Å²) in [6.07, 6.45) is 3.43. The van der Waals surface area contributed by atoms with Gasteiger partial charge in [-0.2, -0.15) is 0 Å². The molecular formula is C16H16BrFN2O. The Morgan fingerprint density at radius 2 is 2.14 bits per heavy atom. The fourth-order valence-electron chi connectivity index (χ4n) is 1.99. The van der Waals surface area contributed by atoms with Gasteiger partial charge in [-0.15, -0.1) is 0 Å². The molecule has 1 aromatic carbocycles. The molecule has 1 aromatic heterocycles. The minimum absolute atomic E-state index is 0.0228. The maximum atomic E-state index is 13.2. The Kier molecular flexibility index (Phi) is 5.07. The van der Waals surface area contributed by atoms with Gasteiger partial charge in [-0.05, 0) is 59.6 Å². The molecule has 0 aliphatic carbocycles. The minimum Gasteiger partial charge on any atom is -0.332 e. The molecule has 1 heterocycles. The Labute approximate surface area is 131 Å². The number of carbonyl (C=O) groups excluding carboxylic acids is 1. The SMILES string of the molecule is CC(C)N(Cc1cccnc1)C(=O)c1ccc(F)cc1Br. The van der Waals surface area contributed by atoms with Crippen molar-refractivity contribution < 1.29 is 9.18 Å². The van der Waals surface area contributed by atoms with E-state index in [2.05, 4.69) is 20.9 Å². The van der Waals surface area contributed by atoms with Crippen molar-refractivity contribution in [2.75, 3.05) is 0 Å². The molecule has 2 rings (SSSR count). The van der Waals surface area contributed by atoms with E-state index in [1.54, 1.807) is 17.3 Å². The van der Waals surface area contributed by atoms with Crippen LogP contribution in [-0.2, 0) is 6.54 Å². The summed E-state index contributed by atoms with van der Waals surface area (Å²) < 4.78 is 13.6. The number of nitrogens with zero attached hydrogens (tertiary/aromatic N) is 2. The summed E-state index contributed by atoms with van der Waals surface area (Å²) in [7, 11) is 0. The second kappa shape index (κ2) is 6.80. The van der Waals surface area contributed by atoms with Crippen molar-refractivity contribution in [1.29, 1.82) is 0 Å². The average Bonchev–Trinajstić information content (AvgIpc) is 2.45. The molecule has 0 bridgehead atoms. The van der Waals surface area contributed by atoms with Gasteiger partial charge in [-0.1, -0.05) is 6.07 Å². The predicted octanol–water partition coefficient (Wildman–Crippen LogP) is 4.03. The second-order valence-electron chi connectivity index (χ2n) is 5.01. The smallest absolute Gasteiger partial charge is 0.255 e. The Morgan fingerprint density at radius 1 is 1.38 bits per heavy atom. The summed E-state index contributed by atoms with van der Waals surface area (Å²) in [6.45, 7) is 4.37. The summed E-state index contributed by atoms with van der Waals surface area (Å²) in [6, 6.07) is 7.88. The summed E-state index contributed by atoms with van der Waals surface area (Å²) >= 11 is 3.25. The van der Waals surface area contributed by atoms with Gasteiger partial charge in [0.1, 0.15) is 5.82 Å². The molecule has 0 saturated carbocycles. The third-order valence-corrected chi connectivity index (χ3v) is 3.78. The van der Waals surface area contributed by atoms with Gasteiger partial charge in [-0.25, -0.2) is 4.39 Å². The highest BCUT2D eigenvalue weighted by Gasteiger charge is 2.21. The Balaban J connectivity index is 2.27. The van der Waals surface area contributed by atoms with Crippen molar-refractivity contribution in [2.45, 2.75) is 26.4 Å². The zero-order chi connectivity index (χ0) is 15.4. The van der Waals surface area contributed by atoms with Crippen LogP contribution in [0, 0.1) is 5.82 Å². The number of amides is 1. The van der Waals surface area contributed by atoms with Crippen LogP contribution in [0.3, 0.4) is 0 Å². The summed E-state index contributed by atoms with van der Waals surface area (Å²) in [5.74, 6) is -0.512. The third-order valence-electron chi connectivity index (χ3n) is 3.12. The van der Waals surface area contributed by atoms with E-state index in [1.807, 2.05) is 26.0 Å². The van der Waals surface area contributed by atoms with Crippen molar-refractivity contribution in [1.82, 2.24) is 9.88 Å². The molecule has 0 aliphatic heterocycles. The molecular weight excluding hydrogens is 335 g/mol. The number of rotatable bonds is 4. The largest absolute Gasteiger partial charge is 0.332 e. The van der Waals surface area contributed by atoms with E-state index in [1.165, 1.54) is 18.2 Å². The van der Waals surface area contributed by atoms with Crippen LogP contribution in [0.5, 0.6) is 0 Å². The molecule has 3 nitrogen and oxygen atoms in total. The van der Waals surface area contributed by atoms with Crippen molar-refractivity contribution in [3.63, 3.8) is 0 Å². The molecule has 110 valence electrons. The zero-order valence-electron chi connectivity index (χ0n) is 11.9. The first kappa shape index (κ1) is 15.6. The molecule has 21 heavy (non-hydrogen) atoms. The van der Waals surface area contributed by atoms with Crippen LogP contribution in [0.1, 0.15) is 29.8 Å². The lowest BCUT2D eigenvalue weighted by Gasteiger charge is -2.27. The number of halogens is 2. The molecule has 0 unspecified atom stereocenters. The van der Waals surface area contributed by atoms with E-state index in [4.69, 9.17) is 0 Å². The Hall–Kier alpha value is -1.75. The molecule has 0 fully saturated rings. The highest BCUT2D eigenvalue weighted by Crippen LogP contribution is 2.21. The highest BCUT2D eigenvalue weighted by molar-refractivity contribution is 9.10. The van der Waals surface area contributed by atoms with E-state index in [0.717, 1.165) is 5.56 Å². The minimum atomic E-state index is -0.373. The van der Waals surface area contributed by atoms with Gasteiger partial charge in [0.05, 0.1) is 5.56 Å². The van der Waals surface area contributed by atoms with Gasteiger partial charge in [0.15, 0.2) is 0 Å². The maximum Gasteiger partial charge on any atom is 0.255 e. The summed E-state index contributed by atoms with van der Waals surface area (Å²) in [5.41, 5.74) is 1.41. The van der Waals surface area contributed by atoms with Crippen LogP contribution in [0.25, 0.3) is 0 Å². The Bertz CT molecular complexity index is 631. The normalized spacial score (nSPS) is 10.7. The number of aromatic nitrogens is 1. The van der Waals surface area contributed by atoms with Crippen LogP contribution < -0.4 is 0 Å². The van der Waals surface area contributed by atoms with Gasteiger partial charge in [0.25, 0.3) is 5.91 Å². The van der Waals surface area contributed by atoms with Gasteiger partial charge in [0.2, 0.25) is 0 Å². The van der Waals surface area contributed by atoms with Crippen LogP contribution >= 0.6 is 15.9 Å². The Morgan fingerprint density at radius 3 is 2.71 bits per heavy atom. The van der Waals surface area contributed by atoms with Crippen molar-refractivity contribution in [3.05, 3.63) is 64.1 Å². The molecule has 0 radical (unpaired) electrons. The lowest BCUT2D eigenvalue weighted by molar-refractivity contribution is 0.0689. The first-order valence-corrected chi connectivity index (χ1v) is 7.43. The van der Waals surface area contributed by atoms with Crippen LogP contribution in [0.15, 0.2) is 47.2 Å². The standard InChI is InChI=1S/C16H16BrFN2O/c1-11(2)20(10-12-4-3-7-19-9-12)16(21)14-6-5-13(18)8-15(14)17/h3-9,11H,10H2,1-2H3. The first-order chi connectivity index (χ1) is 9.99. The zero-order valence-corrected chi connectivity index (χ0v) is 13.5. The number of benzene rings is 1. The monoisotopic (exact) mass is 350 g/mol. The highest BCUT2D eigenvalue weighted by atomic mass is 79.9. The van der Waals surface area contributed by atoms with E-state index < -0.39 is 0 Å². The number of hydrogen-bond acceptors (Lipinski definition) is 2. The van der Waals surface area contributed by atoms with Gasteiger partial charge in [-0.3, -0.25) is 9.78 Å². The average molecular weight is 351 g/mol. The fourth-order valence-corrected chi connectivity index (χ4v) is 2.52. The van der Waals surface area contributed by atoms with Gasteiger partial charge >= 0.3 is 0 Å². The quantitative estimate of drug-likeness (QED) is 0.833. The predicted molar refractivity (Wildman–Crippen MR) is 83.3 cm³/mol. The van der Waals surface area contributed by atoms with Gasteiger partial charge in [0, 0.05) is 29.5 Å². The molecule has 1 amide bonds. The third kappa shape index (κ3) is 3.88. The second-order valence-corrected chi connectivity index (χ2v) is 5.87. The summed E-state index contributed by atoms with van der Waals surface area (Å²) in [5, 5.41) is 0. The van der Waals surface area contributed by atoms with Crippen LogP contribution in [0.2, 0.25) is 0 Å². The van der Waals surface area contributed by atoms with E-state index >= 15 is 0 Å². The molecule has 0 aliphatic rings. The maximum absolute atomic E-state index is 13.2. The topological polar surface area (TPSA) is 33.2 Å². The van der Waals surface area contributed by atoms with E-state index in [-0.39, 0.29) is 17.8 Å². The molecule has 0 atom stereocenters. The van der Waals surface area contributed by atoms with Crippen molar-refractivity contribution in [3.8, 4) is 0 Å². The number of pyridine rings is 1. The molecule has 0 spiro atoms. The lowest BCUT2D eigenvalue weighted by Crippen LogP contribution is -2.36. The molecule has 2 aromatic rings. The van der Waals surface area contributed by atoms with Gasteiger partial charge < -0.3 is 4.90 Å². The first-order valence-electron chi connectivity index (χ1n) is 6.64. The van der Waals surface area contributed by atoms with Crippen LogP contribution in [0.4, 0.5) is 4.39 Å².